The van der Waals surface area contributed by atoms with Crippen LogP contribution in [-0.2, 0) is 19.2 Å². The normalized spacial score (nSPS) is 39.0. The number of Topliss-reactive ketones (excluding diaryl/α,β-unsaturated/α-hetero) is 5. The van der Waals surface area contributed by atoms with Crippen molar-refractivity contribution >= 4 is 34.5 Å². The standard InChI is InChI=1S/C32H36O8/c1-14(2)23-25(35)21(16(4)33)27(37)32(40)28(38)24-26(36)22-19(34)13-12-18(17-10-8-7-9-11-17)20(22)15(3)30(24,5)29(39)31(23,32)6/h7-8,11-15,21,23-24,29,34,39-40H,9-10H2,1-6H3/t15-,21?,23?,24?,29-,30+,31+,32+/m1/s1. The van der Waals surface area contributed by atoms with Gasteiger partial charge in [0.05, 0.1) is 17.6 Å². The average molecular weight is 549 g/mol. The summed E-state index contributed by atoms with van der Waals surface area (Å²) in [4.78, 5) is 68.7. The van der Waals surface area contributed by atoms with E-state index in [1.54, 1.807) is 33.8 Å². The number of aliphatic hydroxyl groups excluding tert-OH is 1. The molecule has 8 nitrogen and oxygen atoms in total. The Bertz CT molecular complexity index is 1450. The zero-order valence-corrected chi connectivity index (χ0v) is 23.6. The monoisotopic (exact) mass is 548 g/mol. The number of aliphatic hydroxyl groups is 2. The predicted molar refractivity (Wildman–Crippen MR) is 145 cm³/mol. The van der Waals surface area contributed by atoms with Gasteiger partial charge in [-0.05, 0) is 54.4 Å². The van der Waals surface area contributed by atoms with Gasteiger partial charge in [-0.2, -0.15) is 0 Å². The van der Waals surface area contributed by atoms with Crippen LogP contribution in [0.15, 0.2) is 30.4 Å². The highest BCUT2D eigenvalue weighted by atomic mass is 16.3. The van der Waals surface area contributed by atoms with Crippen molar-refractivity contribution in [2.45, 2.75) is 72.0 Å². The number of rotatable bonds is 3. The van der Waals surface area contributed by atoms with Crippen molar-refractivity contribution in [3.63, 3.8) is 0 Å². The van der Waals surface area contributed by atoms with E-state index in [2.05, 4.69) is 0 Å². The van der Waals surface area contributed by atoms with Gasteiger partial charge in [0, 0.05) is 16.7 Å². The molecule has 2 fully saturated rings. The van der Waals surface area contributed by atoms with Gasteiger partial charge in [0.1, 0.15) is 17.5 Å². The topological polar surface area (TPSA) is 146 Å². The molecule has 0 bridgehead atoms. The van der Waals surface area contributed by atoms with Gasteiger partial charge in [0.2, 0.25) is 0 Å². The van der Waals surface area contributed by atoms with Crippen LogP contribution in [-0.4, -0.2) is 55.9 Å². The lowest BCUT2D eigenvalue weighted by Crippen LogP contribution is -2.82. The first-order valence-electron chi connectivity index (χ1n) is 13.9. The molecule has 8 atom stereocenters. The predicted octanol–water partition coefficient (Wildman–Crippen LogP) is 3.36. The maximum atomic E-state index is 14.5. The molecule has 40 heavy (non-hydrogen) atoms. The van der Waals surface area contributed by atoms with Crippen LogP contribution >= 0.6 is 0 Å². The Morgan fingerprint density at radius 1 is 1.05 bits per heavy atom. The molecule has 0 aliphatic heterocycles. The summed E-state index contributed by atoms with van der Waals surface area (Å²) in [6.45, 7) is 9.12. The minimum atomic E-state index is -2.97. The Labute approximate surface area is 233 Å². The van der Waals surface area contributed by atoms with Gasteiger partial charge in [-0.25, -0.2) is 0 Å². The number of hydrogen-bond acceptors (Lipinski definition) is 8. The number of hydrogen-bond donors (Lipinski definition) is 3. The number of ketones is 5. The zero-order valence-electron chi connectivity index (χ0n) is 23.6. The molecule has 1 aromatic carbocycles. The van der Waals surface area contributed by atoms with E-state index in [0.717, 1.165) is 18.1 Å². The molecule has 8 heteroatoms. The Balaban J connectivity index is 1.82. The lowest BCUT2D eigenvalue weighted by atomic mass is 9.37. The summed E-state index contributed by atoms with van der Waals surface area (Å²) in [6, 6.07) is 3.12. The molecule has 0 saturated heterocycles. The smallest absolute Gasteiger partial charge is 0.191 e. The SMILES string of the molecule is CC(=O)C1C(=O)C(C(C)C)[C@@]2(C)[C@H](O)[C@]3(C)C(C(=O)c4c(O)ccc(C5=CCC=CC5)c4[C@H]3C)C(=O)[C@@]2(O)C1=O. The zero-order chi connectivity index (χ0) is 29.7. The van der Waals surface area contributed by atoms with Crippen LogP contribution in [0.5, 0.6) is 5.75 Å². The van der Waals surface area contributed by atoms with Gasteiger partial charge in [-0.3, -0.25) is 24.0 Å². The fourth-order valence-corrected chi connectivity index (χ4v) is 8.52. The summed E-state index contributed by atoms with van der Waals surface area (Å²) in [5.74, 6) is -11.2. The highest BCUT2D eigenvalue weighted by molar-refractivity contribution is 6.33. The number of phenolic OH excluding ortho intramolecular Hbond substituents is 1. The second-order valence-electron chi connectivity index (χ2n) is 12.7. The molecule has 212 valence electrons. The van der Waals surface area contributed by atoms with Gasteiger partial charge in [0.25, 0.3) is 0 Å². The molecule has 5 rings (SSSR count). The van der Waals surface area contributed by atoms with E-state index in [0.29, 0.717) is 18.4 Å². The van der Waals surface area contributed by atoms with E-state index in [9.17, 15) is 39.3 Å². The van der Waals surface area contributed by atoms with Crippen molar-refractivity contribution < 1.29 is 39.3 Å². The fraction of sp³-hybridized carbons (Fsp3) is 0.531. The van der Waals surface area contributed by atoms with E-state index in [1.807, 2.05) is 18.2 Å². The van der Waals surface area contributed by atoms with E-state index in [-0.39, 0.29) is 11.3 Å². The summed E-state index contributed by atoms with van der Waals surface area (Å²) >= 11 is 0. The second kappa shape index (κ2) is 8.88. The van der Waals surface area contributed by atoms with Gasteiger partial charge in [-0.15, -0.1) is 0 Å². The molecule has 0 heterocycles. The molecule has 3 N–H and O–H groups in total. The lowest BCUT2D eigenvalue weighted by molar-refractivity contribution is -0.240. The molecular weight excluding hydrogens is 512 g/mol. The van der Waals surface area contributed by atoms with Crippen LogP contribution in [0, 0.1) is 34.5 Å². The van der Waals surface area contributed by atoms with Gasteiger partial charge in [-0.1, -0.05) is 58.9 Å². The quantitative estimate of drug-likeness (QED) is 0.385. The molecule has 4 aliphatic carbocycles. The molecule has 0 aromatic heterocycles. The first-order chi connectivity index (χ1) is 18.6. The Morgan fingerprint density at radius 3 is 2.25 bits per heavy atom. The van der Waals surface area contributed by atoms with Gasteiger partial charge < -0.3 is 15.3 Å². The Hall–Kier alpha value is -3.23. The maximum Gasteiger partial charge on any atom is 0.191 e. The van der Waals surface area contributed by atoms with E-state index >= 15 is 0 Å². The summed E-state index contributed by atoms with van der Waals surface area (Å²) in [5.41, 5.74) is -4.46. The van der Waals surface area contributed by atoms with Crippen LogP contribution in [0.2, 0.25) is 0 Å². The number of carbonyl (C=O) groups excluding carboxylic acids is 5. The van der Waals surface area contributed by atoms with Crippen LogP contribution in [0.25, 0.3) is 5.57 Å². The summed E-state index contributed by atoms with van der Waals surface area (Å²) in [6.07, 6.45) is 5.66. The molecule has 4 aliphatic rings. The molecule has 1 aromatic rings. The average Bonchev–Trinajstić information content (AvgIpc) is 2.89. The summed E-state index contributed by atoms with van der Waals surface area (Å²) < 4.78 is 0. The molecule has 2 saturated carbocycles. The summed E-state index contributed by atoms with van der Waals surface area (Å²) in [5, 5.41) is 35.4. The fourth-order valence-electron chi connectivity index (χ4n) is 8.52. The van der Waals surface area contributed by atoms with Crippen molar-refractivity contribution in [3.8, 4) is 5.75 Å². The van der Waals surface area contributed by atoms with Crippen molar-refractivity contribution in [2.75, 3.05) is 0 Å². The van der Waals surface area contributed by atoms with Crippen molar-refractivity contribution in [2.24, 2.45) is 34.5 Å². The Kier molecular flexibility index (Phi) is 6.29. The first kappa shape index (κ1) is 28.3. The van der Waals surface area contributed by atoms with Crippen molar-refractivity contribution in [1.29, 1.82) is 0 Å². The number of benzene rings is 1. The number of fused-ring (bicyclic) bond motifs is 3. The van der Waals surface area contributed by atoms with Crippen molar-refractivity contribution in [1.82, 2.24) is 0 Å². The molecule has 0 amide bonds. The largest absolute Gasteiger partial charge is 0.507 e. The lowest BCUT2D eigenvalue weighted by Gasteiger charge is -2.65. The second-order valence-corrected chi connectivity index (χ2v) is 12.7. The third kappa shape index (κ3) is 3.12. The van der Waals surface area contributed by atoms with Crippen molar-refractivity contribution in [3.05, 3.63) is 47.1 Å². The first-order valence-corrected chi connectivity index (χ1v) is 13.9. The minimum Gasteiger partial charge on any atom is -0.507 e. The van der Waals surface area contributed by atoms with Crippen LogP contribution in [0.1, 0.15) is 81.8 Å². The highest BCUT2D eigenvalue weighted by Gasteiger charge is 2.80. The third-order valence-corrected chi connectivity index (χ3v) is 10.6. The number of phenols is 1. The molecule has 3 unspecified atom stereocenters. The molecule has 0 spiro atoms. The van der Waals surface area contributed by atoms with E-state index in [1.165, 1.54) is 13.0 Å². The van der Waals surface area contributed by atoms with Gasteiger partial charge >= 0.3 is 0 Å². The van der Waals surface area contributed by atoms with Gasteiger partial charge in [0.15, 0.2) is 28.7 Å². The van der Waals surface area contributed by atoms with E-state index in [4.69, 9.17) is 0 Å². The number of allylic oxidation sites excluding steroid dienone is 4. The van der Waals surface area contributed by atoms with Crippen LogP contribution in [0.4, 0.5) is 0 Å². The molecule has 0 radical (unpaired) electrons. The summed E-state index contributed by atoms with van der Waals surface area (Å²) in [7, 11) is 0. The van der Waals surface area contributed by atoms with Crippen LogP contribution < -0.4 is 0 Å². The minimum absolute atomic E-state index is 0.0708. The maximum absolute atomic E-state index is 14.5. The van der Waals surface area contributed by atoms with E-state index < -0.39 is 81.0 Å². The highest BCUT2D eigenvalue weighted by Crippen LogP contribution is 2.67. The number of carbonyl (C=O) groups is 5. The third-order valence-electron chi connectivity index (χ3n) is 10.6. The molecular formula is C32H36O8. The number of aromatic hydroxyl groups is 1. The van der Waals surface area contributed by atoms with Crippen LogP contribution in [0.3, 0.4) is 0 Å². The Morgan fingerprint density at radius 2 is 1.70 bits per heavy atom.